The van der Waals surface area contributed by atoms with Crippen molar-refractivity contribution in [3.8, 4) is 0 Å². The van der Waals surface area contributed by atoms with Gasteiger partial charge in [0.05, 0.1) is 0 Å². The van der Waals surface area contributed by atoms with Crippen LogP contribution in [0.15, 0.2) is 12.2 Å². The van der Waals surface area contributed by atoms with E-state index >= 15 is 0 Å². The van der Waals surface area contributed by atoms with Crippen molar-refractivity contribution in [1.29, 1.82) is 0 Å². The summed E-state index contributed by atoms with van der Waals surface area (Å²) in [5, 5.41) is 0. The molecule has 0 spiro atoms. The molecule has 0 amide bonds. The molecule has 0 saturated carbocycles. The fourth-order valence-corrected chi connectivity index (χ4v) is 0.996. The summed E-state index contributed by atoms with van der Waals surface area (Å²) < 4.78 is 0. The molecule has 0 aliphatic heterocycles. The van der Waals surface area contributed by atoms with Crippen LogP contribution in [0.4, 0.5) is 0 Å². The minimum atomic E-state index is 0.660. The highest BCUT2D eigenvalue weighted by Gasteiger charge is 1.82. The van der Waals surface area contributed by atoms with E-state index < -0.39 is 0 Å². The fraction of sp³-hybridized carbons (Fsp3) is 0.778. The summed E-state index contributed by atoms with van der Waals surface area (Å²) in [6, 6.07) is 0. The molecule has 0 unspecified atom stereocenters. The van der Waals surface area contributed by atoms with E-state index in [-0.39, 0.29) is 0 Å². The van der Waals surface area contributed by atoms with Gasteiger partial charge in [-0.25, -0.2) is 0 Å². The van der Waals surface area contributed by atoms with Crippen molar-refractivity contribution in [3.63, 3.8) is 0 Å². The van der Waals surface area contributed by atoms with Crippen LogP contribution in [0.2, 0.25) is 0 Å². The van der Waals surface area contributed by atoms with Crippen LogP contribution in [0, 0.1) is 0 Å². The van der Waals surface area contributed by atoms with Gasteiger partial charge in [-0.2, -0.15) is 0 Å². The van der Waals surface area contributed by atoms with Gasteiger partial charge in [0.25, 0.3) is 0 Å². The van der Waals surface area contributed by atoms with Gasteiger partial charge in [0, 0.05) is 5.88 Å². The minimum absolute atomic E-state index is 0.660. The Morgan fingerprint density at radius 1 is 1.10 bits per heavy atom. The van der Waals surface area contributed by atoms with Gasteiger partial charge in [0.15, 0.2) is 0 Å². The van der Waals surface area contributed by atoms with Crippen molar-refractivity contribution in [3.05, 3.63) is 12.2 Å². The normalized spacial score (nSPS) is 11.0. The number of hydrogen-bond acceptors (Lipinski definition) is 0. The predicted octanol–water partition coefficient (Wildman–Crippen LogP) is 3.75. The SMILES string of the molecule is CCCCCCC=CCCl. The van der Waals surface area contributed by atoms with Crippen molar-refractivity contribution in [2.75, 3.05) is 5.88 Å². The van der Waals surface area contributed by atoms with Crippen molar-refractivity contribution >= 4 is 11.6 Å². The van der Waals surface area contributed by atoms with E-state index in [0.717, 1.165) is 0 Å². The molecule has 60 valence electrons. The second-order valence-corrected chi connectivity index (χ2v) is 2.78. The van der Waals surface area contributed by atoms with Crippen molar-refractivity contribution in [2.45, 2.75) is 39.0 Å². The third kappa shape index (κ3) is 8.03. The van der Waals surface area contributed by atoms with E-state index in [1.165, 1.54) is 32.1 Å². The van der Waals surface area contributed by atoms with Gasteiger partial charge in [0.1, 0.15) is 0 Å². The maximum absolute atomic E-state index is 5.45. The van der Waals surface area contributed by atoms with Crippen molar-refractivity contribution < 1.29 is 0 Å². The van der Waals surface area contributed by atoms with Crippen LogP contribution in [-0.4, -0.2) is 5.88 Å². The zero-order chi connectivity index (χ0) is 7.66. The Kier molecular flexibility index (Phi) is 9.06. The molecule has 0 heterocycles. The number of rotatable bonds is 6. The van der Waals surface area contributed by atoms with Crippen LogP contribution in [0.25, 0.3) is 0 Å². The molecular weight excluding hydrogens is 144 g/mol. The maximum atomic E-state index is 5.45. The summed E-state index contributed by atoms with van der Waals surface area (Å²) in [4.78, 5) is 0. The highest BCUT2D eigenvalue weighted by atomic mass is 35.5. The first-order valence-electron chi connectivity index (χ1n) is 4.12. The molecule has 0 fully saturated rings. The van der Waals surface area contributed by atoms with Crippen LogP contribution in [-0.2, 0) is 0 Å². The molecule has 10 heavy (non-hydrogen) atoms. The summed E-state index contributed by atoms with van der Waals surface area (Å²) in [7, 11) is 0. The monoisotopic (exact) mass is 160 g/mol. The summed E-state index contributed by atoms with van der Waals surface area (Å²) >= 11 is 5.45. The van der Waals surface area contributed by atoms with Gasteiger partial charge < -0.3 is 0 Å². The molecule has 0 aliphatic carbocycles. The van der Waals surface area contributed by atoms with E-state index in [1.807, 2.05) is 6.08 Å². The van der Waals surface area contributed by atoms with Gasteiger partial charge in [-0.3, -0.25) is 0 Å². The first kappa shape index (κ1) is 10.0. The van der Waals surface area contributed by atoms with Gasteiger partial charge in [-0.15, -0.1) is 11.6 Å². The molecule has 0 aliphatic rings. The quantitative estimate of drug-likeness (QED) is 0.316. The Bertz CT molecular complexity index is 76.8. The summed E-state index contributed by atoms with van der Waals surface area (Å²) in [6.07, 6.45) is 10.8. The molecule has 0 aromatic heterocycles. The lowest BCUT2D eigenvalue weighted by Crippen LogP contribution is -1.73. The van der Waals surface area contributed by atoms with Gasteiger partial charge in [0.2, 0.25) is 0 Å². The first-order chi connectivity index (χ1) is 4.91. The molecule has 0 aromatic rings. The molecule has 1 heteroatoms. The Labute approximate surface area is 69.3 Å². The third-order valence-electron chi connectivity index (χ3n) is 1.48. The van der Waals surface area contributed by atoms with Gasteiger partial charge in [-0.1, -0.05) is 38.3 Å². The number of allylic oxidation sites excluding steroid dienone is 2. The zero-order valence-corrected chi connectivity index (χ0v) is 7.53. The maximum Gasteiger partial charge on any atom is 0.0404 e. The van der Waals surface area contributed by atoms with Crippen molar-refractivity contribution in [2.24, 2.45) is 0 Å². The lowest BCUT2D eigenvalue weighted by molar-refractivity contribution is 0.674. The minimum Gasteiger partial charge on any atom is -0.122 e. The highest BCUT2D eigenvalue weighted by molar-refractivity contribution is 6.18. The molecule has 0 N–H and O–H groups in total. The topological polar surface area (TPSA) is 0 Å². The smallest absolute Gasteiger partial charge is 0.0404 e. The molecule has 0 radical (unpaired) electrons. The van der Waals surface area contributed by atoms with E-state index in [0.29, 0.717) is 5.88 Å². The Hall–Kier alpha value is 0.0300. The lowest BCUT2D eigenvalue weighted by atomic mass is 10.1. The number of halogens is 1. The largest absolute Gasteiger partial charge is 0.122 e. The van der Waals surface area contributed by atoms with Gasteiger partial charge >= 0.3 is 0 Å². The van der Waals surface area contributed by atoms with Crippen molar-refractivity contribution in [1.82, 2.24) is 0 Å². The second-order valence-electron chi connectivity index (χ2n) is 2.48. The van der Waals surface area contributed by atoms with Crippen LogP contribution in [0.5, 0.6) is 0 Å². The molecule has 0 atom stereocenters. The lowest BCUT2D eigenvalue weighted by Gasteiger charge is -1.92. The van der Waals surface area contributed by atoms with E-state index in [4.69, 9.17) is 11.6 Å². The van der Waals surface area contributed by atoms with Crippen LogP contribution < -0.4 is 0 Å². The van der Waals surface area contributed by atoms with E-state index in [9.17, 15) is 0 Å². The van der Waals surface area contributed by atoms with Crippen LogP contribution >= 0.6 is 11.6 Å². The molecule has 0 saturated heterocycles. The number of unbranched alkanes of at least 4 members (excludes halogenated alkanes) is 4. The molecule has 0 aromatic carbocycles. The number of hydrogen-bond donors (Lipinski definition) is 0. The summed E-state index contributed by atoms with van der Waals surface area (Å²) in [5.41, 5.74) is 0. The molecular formula is C9H17Cl. The Morgan fingerprint density at radius 2 is 1.90 bits per heavy atom. The van der Waals surface area contributed by atoms with Gasteiger partial charge in [-0.05, 0) is 12.8 Å². The molecule has 0 bridgehead atoms. The van der Waals surface area contributed by atoms with E-state index in [2.05, 4.69) is 13.0 Å². The fourth-order valence-electron chi connectivity index (χ4n) is 0.870. The Morgan fingerprint density at radius 3 is 2.50 bits per heavy atom. The van der Waals surface area contributed by atoms with Crippen LogP contribution in [0.3, 0.4) is 0 Å². The molecule has 0 rings (SSSR count). The second kappa shape index (κ2) is 9.03. The standard InChI is InChI=1S/C9H17Cl/c1-2-3-4-5-6-7-8-9-10/h7-8H,2-6,9H2,1H3. The Balaban J connectivity index is 2.83. The van der Waals surface area contributed by atoms with E-state index in [1.54, 1.807) is 0 Å². The zero-order valence-electron chi connectivity index (χ0n) is 6.78. The summed E-state index contributed by atoms with van der Waals surface area (Å²) in [6.45, 7) is 2.23. The number of alkyl halides is 1. The average molecular weight is 161 g/mol. The highest BCUT2D eigenvalue weighted by Crippen LogP contribution is 2.02. The summed E-state index contributed by atoms with van der Waals surface area (Å²) in [5.74, 6) is 0.660. The third-order valence-corrected chi connectivity index (χ3v) is 1.66. The van der Waals surface area contributed by atoms with Crippen LogP contribution in [0.1, 0.15) is 39.0 Å². The molecule has 0 nitrogen and oxygen atoms in total. The average Bonchev–Trinajstić information content (AvgIpc) is 1.97. The predicted molar refractivity (Wildman–Crippen MR) is 48.6 cm³/mol. The first-order valence-corrected chi connectivity index (χ1v) is 4.66.